The molecule has 0 atom stereocenters. The van der Waals surface area contributed by atoms with Crippen LogP contribution in [-0.2, 0) is 53.0 Å². The number of sulfonamides is 1. The van der Waals surface area contributed by atoms with E-state index in [1.807, 2.05) is 11.9 Å². The lowest BCUT2D eigenvalue weighted by atomic mass is 9.82. The van der Waals surface area contributed by atoms with Crippen molar-refractivity contribution < 1.29 is 17.9 Å². The molecule has 31 heavy (non-hydrogen) atoms. The van der Waals surface area contributed by atoms with Gasteiger partial charge in [0.25, 0.3) is 10.0 Å². The summed E-state index contributed by atoms with van der Waals surface area (Å²) in [4.78, 5) is 14.7. The average molecular weight is 444 g/mol. The van der Waals surface area contributed by atoms with Crippen LogP contribution in [0.3, 0.4) is 0 Å². The first-order valence-electron chi connectivity index (χ1n) is 10.7. The van der Waals surface area contributed by atoms with Crippen LogP contribution < -0.4 is 14.9 Å². The molecule has 1 spiro atoms. The number of carbonyl (C=O) groups excluding carboxylic acids is 1. The van der Waals surface area contributed by atoms with Crippen LogP contribution in [0, 0.1) is 0 Å². The minimum absolute atomic E-state index is 0.122. The number of hydrogen-bond acceptors (Lipinski definition) is 6. The summed E-state index contributed by atoms with van der Waals surface area (Å²) >= 11 is 0. The van der Waals surface area contributed by atoms with Crippen LogP contribution in [0.25, 0.3) is 0 Å². The first-order valence-corrected chi connectivity index (χ1v) is 12.2. The number of carbonyl (C=O) groups is 1. The number of fused-ring (bicyclic) bond motifs is 4. The van der Waals surface area contributed by atoms with E-state index in [0.29, 0.717) is 18.9 Å². The van der Waals surface area contributed by atoms with Gasteiger partial charge >= 0.3 is 6.03 Å². The van der Waals surface area contributed by atoms with Crippen molar-refractivity contribution in [1.29, 1.82) is 0 Å². The monoisotopic (exact) mass is 443 g/mol. The van der Waals surface area contributed by atoms with Gasteiger partial charge in [0.15, 0.2) is 0 Å². The molecule has 1 aromatic carbocycles. The molecule has 2 aliphatic heterocycles. The topological polar surface area (TPSA) is 106 Å². The second-order valence-corrected chi connectivity index (χ2v) is 10.6. The number of anilines is 2. The van der Waals surface area contributed by atoms with Gasteiger partial charge in [-0.25, -0.2) is 9.52 Å². The average Bonchev–Trinajstić information content (AvgIpc) is 3.37. The van der Waals surface area contributed by atoms with Gasteiger partial charge in [-0.3, -0.25) is 4.68 Å². The highest BCUT2D eigenvalue weighted by atomic mass is 32.2. The third-order valence-electron chi connectivity index (χ3n) is 7.28. The molecule has 0 bridgehead atoms. The number of likely N-dealkylation sites (N-methyl/N-ethyl adjacent to an activating group) is 1. The van der Waals surface area contributed by atoms with Gasteiger partial charge in [0.05, 0.1) is 18.9 Å². The van der Waals surface area contributed by atoms with Crippen LogP contribution in [-0.4, -0.2) is 44.5 Å². The molecule has 2 amide bonds. The Hall–Kier alpha value is -2.59. The number of nitrogens with zero attached hydrogens (tertiary/aromatic N) is 3. The highest BCUT2D eigenvalue weighted by Gasteiger charge is 2.59. The second kappa shape index (κ2) is 6.23. The zero-order valence-corrected chi connectivity index (χ0v) is 18.4. The molecule has 0 unspecified atom stereocenters. The number of hydrogen-bond donors (Lipinski definition) is 2. The molecule has 1 fully saturated rings. The lowest BCUT2D eigenvalue weighted by molar-refractivity contribution is -0.0730. The maximum atomic E-state index is 13.1. The molecule has 1 aromatic heterocycles. The minimum Gasteiger partial charge on any atom is -0.376 e. The Bertz CT molecular complexity index is 1210. The van der Waals surface area contributed by atoms with Crippen LogP contribution in [0.15, 0.2) is 11.1 Å². The highest BCUT2D eigenvalue weighted by Crippen LogP contribution is 2.53. The molecule has 10 heteroatoms. The van der Waals surface area contributed by atoms with Crippen molar-refractivity contribution in [2.24, 2.45) is 7.05 Å². The second-order valence-electron chi connectivity index (χ2n) is 9.00. The van der Waals surface area contributed by atoms with Crippen molar-refractivity contribution in [3.8, 4) is 0 Å². The maximum Gasteiger partial charge on any atom is 0.333 e. The van der Waals surface area contributed by atoms with Crippen molar-refractivity contribution in [3.05, 3.63) is 34.0 Å². The van der Waals surface area contributed by atoms with Gasteiger partial charge in [-0.2, -0.15) is 13.5 Å². The van der Waals surface area contributed by atoms with Crippen LogP contribution >= 0.6 is 0 Å². The van der Waals surface area contributed by atoms with E-state index in [9.17, 15) is 13.2 Å². The Morgan fingerprint density at radius 3 is 2.32 bits per heavy atom. The number of rotatable bonds is 3. The number of urea groups is 1. The zero-order chi connectivity index (χ0) is 21.5. The molecular weight excluding hydrogens is 418 g/mol. The summed E-state index contributed by atoms with van der Waals surface area (Å²) < 4.78 is 35.3. The van der Waals surface area contributed by atoms with Gasteiger partial charge in [0.2, 0.25) is 5.03 Å². The Balaban J connectivity index is 1.29. The van der Waals surface area contributed by atoms with E-state index in [-0.39, 0.29) is 10.6 Å². The molecule has 1 saturated heterocycles. The van der Waals surface area contributed by atoms with Crippen LogP contribution in [0.4, 0.5) is 16.2 Å². The quantitative estimate of drug-likeness (QED) is 0.746. The predicted octanol–water partition coefficient (Wildman–Crippen LogP) is 1.58. The number of aryl methyl sites for hydroxylation is 3. The lowest BCUT2D eigenvalue weighted by Gasteiger charge is -2.56. The third-order valence-corrected chi connectivity index (χ3v) is 8.52. The molecule has 2 N–H and O–H groups in total. The third kappa shape index (κ3) is 2.48. The van der Waals surface area contributed by atoms with Gasteiger partial charge in [-0.05, 0) is 60.8 Å². The molecule has 6 rings (SSSR count). The van der Waals surface area contributed by atoms with Gasteiger partial charge in [-0.1, -0.05) is 6.07 Å². The van der Waals surface area contributed by atoms with Crippen molar-refractivity contribution in [1.82, 2.24) is 14.5 Å². The van der Waals surface area contributed by atoms with Crippen molar-refractivity contribution >= 4 is 27.4 Å². The molecule has 3 heterocycles. The van der Waals surface area contributed by atoms with Gasteiger partial charge in [0.1, 0.15) is 11.2 Å². The molecule has 2 aromatic rings. The summed E-state index contributed by atoms with van der Waals surface area (Å²) in [6, 6.07) is 1.53. The fourth-order valence-corrected chi connectivity index (χ4v) is 6.83. The standard InChI is InChI=1S/C21H25N5O4S/c1-25-17-18(21(25)10-30-11-21)26(2)23-19(17)31(28,29)24-20(27)22-16-14-7-3-5-12(14)9-13-6-4-8-15(13)16/h9H,3-8,10-11H2,1-2H3,(H2,22,24,27). The number of amides is 2. The van der Waals surface area contributed by atoms with Gasteiger partial charge < -0.3 is 15.0 Å². The molecule has 2 aliphatic carbocycles. The zero-order valence-electron chi connectivity index (χ0n) is 17.6. The van der Waals surface area contributed by atoms with E-state index in [1.54, 1.807) is 11.7 Å². The summed E-state index contributed by atoms with van der Waals surface area (Å²) in [5.74, 6) is 0. The number of nitrogens with one attached hydrogen (secondary N) is 2. The normalized spacial score (nSPS) is 20.0. The van der Waals surface area contributed by atoms with Crippen molar-refractivity contribution in [2.75, 3.05) is 30.5 Å². The Morgan fingerprint density at radius 1 is 1.10 bits per heavy atom. The molecule has 9 nitrogen and oxygen atoms in total. The minimum atomic E-state index is -4.13. The number of benzene rings is 1. The summed E-state index contributed by atoms with van der Waals surface area (Å²) in [7, 11) is -0.573. The summed E-state index contributed by atoms with van der Waals surface area (Å²) in [6.07, 6.45) is 5.96. The highest BCUT2D eigenvalue weighted by molar-refractivity contribution is 7.90. The fraction of sp³-hybridized carbons (Fsp3) is 0.524. The fourth-order valence-electron chi connectivity index (χ4n) is 5.72. The SMILES string of the molecule is CN1c2c(S(=O)(=O)NC(=O)Nc3c4c(cc5c3CCC5)CCC4)nn(C)c2C12COC2. The maximum absolute atomic E-state index is 13.1. The van der Waals surface area contributed by atoms with Crippen LogP contribution in [0.5, 0.6) is 0 Å². The Labute approximate surface area is 180 Å². The molecule has 0 radical (unpaired) electrons. The Morgan fingerprint density at radius 2 is 1.74 bits per heavy atom. The van der Waals surface area contributed by atoms with Crippen LogP contribution in [0.2, 0.25) is 0 Å². The Kier molecular flexibility index (Phi) is 3.84. The van der Waals surface area contributed by atoms with E-state index in [1.165, 1.54) is 11.1 Å². The van der Waals surface area contributed by atoms with E-state index in [0.717, 1.165) is 61.0 Å². The summed E-state index contributed by atoms with van der Waals surface area (Å²) in [5, 5.41) is 6.99. The first kappa shape index (κ1) is 19.1. The lowest BCUT2D eigenvalue weighted by Crippen LogP contribution is -2.65. The van der Waals surface area contributed by atoms with Gasteiger partial charge in [-0.15, -0.1) is 0 Å². The number of ether oxygens (including phenoxy) is 1. The van der Waals surface area contributed by atoms with E-state index in [2.05, 4.69) is 21.2 Å². The number of aromatic nitrogens is 2. The molecule has 164 valence electrons. The van der Waals surface area contributed by atoms with Gasteiger partial charge in [0, 0.05) is 19.8 Å². The summed E-state index contributed by atoms with van der Waals surface area (Å²) in [6.45, 7) is 1.02. The predicted molar refractivity (Wildman–Crippen MR) is 114 cm³/mol. The van der Waals surface area contributed by atoms with Crippen molar-refractivity contribution in [2.45, 2.75) is 49.1 Å². The van der Waals surface area contributed by atoms with E-state index >= 15 is 0 Å². The smallest absolute Gasteiger partial charge is 0.333 e. The summed E-state index contributed by atoms with van der Waals surface area (Å²) in [5.41, 5.74) is 6.74. The largest absolute Gasteiger partial charge is 0.376 e. The molecule has 4 aliphatic rings. The van der Waals surface area contributed by atoms with Crippen LogP contribution in [0.1, 0.15) is 40.8 Å². The van der Waals surface area contributed by atoms with E-state index in [4.69, 9.17) is 4.74 Å². The first-order chi connectivity index (χ1) is 14.8. The molecular formula is C21H25N5O4S. The van der Waals surface area contributed by atoms with E-state index < -0.39 is 16.1 Å². The van der Waals surface area contributed by atoms with Crippen molar-refractivity contribution in [3.63, 3.8) is 0 Å². The molecule has 0 saturated carbocycles.